The van der Waals surface area contributed by atoms with Crippen molar-refractivity contribution in [2.75, 3.05) is 6.61 Å². The Kier molecular flexibility index (Phi) is 14.5. The molecule has 1 fully saturated rings. The highest BCUT2D eigenvalue weighted by molar-refractivity contribution is 5.49. The van der Waals surface area contributed by atoms with Crippen molar-refractivity contribution in [1.29, 1.82) is 0 Å². The first-order valence-corrected chi connectivity index (χ1v) is 15.3. The highest BCUT2D eigenvalue weighted by Crippen LogP contribution is 2.34. The zero-order valence-corrected chi connectivity index (χ0v) is 23.6. The number of hydrogen-bond donors (Lipinski definition) is 0. The molecule has 1 heteroatoms. The molecule has 0 radical (unpaired) electrons. The van der Waals surface area contributed by atoms with Crippen LogP contribution in [-0.2, 0) is 24.2 Å². The van der Waals surface area contributed by atoms with Crippen LogP contribution in [0, 0.1) is 11.8 Å². The Balaban J connectivity index is 1.19. The van der Waals surface area contributed by atoms with Crippen molar-refractivity contribution in [3.63, 3.8) is 0 Å². The van der Waals surface area contributed by atoms with E-state index in [-0.39, 0.29) is 0 Å². The second kappa shape index (κ2) is 18.2. The summed E-state index contributed by atoms with van der Waals surface area (Å²) < 4.78 is 5.66. The number of aryl methyl sites for hydroxylation is 2. The zero-order chi connectivity index (χ0) is 26.0. The second-order valence-electron chi connectivity index (χ2n) is 11.3. The Labute approximate surface area is 228 Å². The summed E-state index contributed by atoms with van der Waals surface area (Å²) >= 11 is 0. The average molecular weight is 501 g/mol. The van der Waals surface area contributed by atoms with Gasteiger partial charge in [-0.3, -0.25) is 0 Å². The van der Waals surface area contributed by atoms with Crippen LogP contribution in [0.1, 0.15) is 113 Å². The van der Waals surface area contributed by atoms with Crippen molar-refractivity contribution in [1.82, 2.24) is 0 Å². The van der Waals surface area contributed by atoms with E-state index in [1.54, 1.807) is 0 Å². The topological polar surface area (TPSA) is 9.23 Å². The molecule has 0 bridgehead atoms. The van der Waals surface area contributed by atoms with Gasteiger partial charge in [0, 0.05) is 0 Å². The van der Waals surface area contributed by atoms with Crippen LogP contribution in [0.25, 0.3) is 6.08 Å². The molecule has 0 heterocycles. The Morgan fingerprint density at radius 2 is 1.27 bits per heavy atom. The standard InChI is InChI=1S/C36H52O/c1-3-5-7-12-31-17-19-32(20-18-31)13-8-9-14-33-21-23-34(24-22-33)15-10-11-16-35-25-27-36(28-26-35)30-37-29-6-4-2/h4,7,12,17-20,25-28,33-34H,2-3,5-6,8-11,13-16,21-24,29-30H2,1H3/b12-7+. The van der Waals surface area contributed by atoms with E-state index in [0.717, 1.165) is 24.9 Å². The third-order valence-electron chi connectivity index (χ3n) is 8.13. The SMILES string of the molecule is C=CCCOCc1ccc(CCCCC2CCC(CCCCc3ccc(/C=C/CCC)cc3)CC2)cc1. The van der Waals surface area contributed by atoms with Gasteiger partial charge in [0.05, 0.1) is 13.2 Å². The molecule has 1 nitrogen and oxygen atoms in total. The van der Waals surface area contributed by atoms with Crippen LogP contribution in [0.4, 0.5) is 0 Å². The molecule has 0 spiro atoms. The van der Waals surface area contributed by atoms with Crippen LogP contribution >= 0.6 is 0 Å². The first-order valence-electron chi connectivity index (χ1n) is 15.3. The molecular formula is C36H52O. The molecule has 0 aliphatic heterocycles. The van der Waals surface area contributed by atoms with E-state index < -0.39 is 0 Å². The van der Waals surface area contributed by atoms with Gasteiger partial charge in [0.1, 0.15) is 0 Å². The van der Waals surface area contributed by atoms with E-state index in [2.05, 4.69) is 74.2 Å². The second-order valence-corrected chi connectivity index (χ2v) is 11.3. The molecule has 1 aliphatic carbocycles. The smallest absolute Gasteiger partial charge is 0.0717 e. The molecule has 2 aromatic carbocycles. The lowest BCUT2D eigenvalue weighted by molar-refractivity contribution is 0.125. The fourth-order valence-corrected chi connectivity index (χ4v) is 5.67. The van der Waals surface area contributed by atoms with Crippen LogP contribution in [0.3, 0.4) is 0 Å². The molecule has 0 saturated heterocycles. The van der Waals surface area contributed by atoms with E-state index in [1.165, 1.54) is 112 Å². The number of rotatable bonds is 18. The van der Waals surface area contributed by atoms with Crippen LogP contribution in [0.15, 0.2) is 67.3 Å². The number of unbranched alkanes of at least 4 members (excludes halogenated alkanes) is 3. The quantitative estimate of drug-likeness (QED) is 0.146. The van der Waals surface area contributed by atoms with E-state index in [1.807, 2.05) is 6.08 Å². The predicted molar refractivity (Wildman–Crippen MR) is 162 cm³/mol. The summed E-state index contributed by atoms with van der Waals surface area (Å²) in [5.41, 5.74) is 5.58. The maximum absolute atomic E-state index is 5.66. The number of benzene rings is 2. The minimum absolute atomic E-state index is 0.710. The fourth-order valence-electron chi connectivity index (χ4n) is 5.67. The minimum Gasteiger partial charge on any atom is -0.376 e. The molecule has 0 atom stereocenters. The van der Waals surface area contributed by atoms with Gasteiger partial charge < -0.3 is 4.74 Å². The maximum atomic E-state index is 5.66. The van der Waals surface area contributed by atoms with Crippen molar-refractivity contribution in [3.05, 3.63) is 89.5 Å². The molecule has 0 aromatic heterocycles. The van der Waals surface area contributed by atoms with Gasteiger partial charge in [-0.2, -0.15) is 0 Å². The lowest BCUT2D eigenvalue weighted by atomic mass is 9.78. The summed E-state index contributed by atoms with van der Waals surface area (Å²) in [6.07, 6.45) is 26.4. The van der Waals surface area contributed by atoms with Gasteiger partial charge in [0.25, 0.3) is 0 Å². The van der Waals surface area contributed by atoms with Crippen LogP contribution in [0.5, 0.6) is 0 Å². The first-order chi connectivity index (χ1) is 18.3. The van der Waals surface area contributed by atoms with Crippen LogP contribution in [0.2, 0.25) is 0 Å². The van der Waals surface area contributed by atoms with Crippen molar-refractivity contribution in [2.45, 2.75) is 110 Å². The molecule has 0 N–H and O–H groups in total. The van der Waals surface area contributed by atoms with Crippen LogP contribution in [-0.4, -0.2) is 6.61 Å². The Morgan fingerprint density at radius 3 is 1.81 bits per heavy atom. The van der Waals surface area contributed by atoms with E-state index in [4.69, 9.17) is 4.74 Å². The van der Waals surface area contributed by atoms with Gasteiger partial charge in [-0.15, -0.1) is 6.58 Å². The molecule has 0 amide bonds. The van der Waals surface area contributed by atoms with Crippen molar-refractivity contribution in [2.24, 2.45) is 11.8 Å². The van der Waals surface area contributed by atoms with Gasteiger partial charge in [-0.1, -0.05) is 131 Å². The van der Waals surface area contributed by atoms with Crippen molar-refractivity contribution < 1.29 is 4.74 Å². The summed E-state index contributed by atoms with van der Waals surface area (Å²) in [6.45, 7) is 7.44. The maximum Gasteiger partial charge on any atom is 0.0717 e. The zero-order valence-electron chi connectivity index (χ0n) is 23.6. The lowest BCUT2D eigenvalue weighted by Gasteiger charge is -2.28. The fraction of sp³-hybridized carbons (Fsp3) is 0.556. The molecule has 37 heavy (non-hydrogen) atoms. The van der Waals surface area contributed by atoms with Gasteiger partial charge in [0.15, 0.2) is 0 Å². The first kappa shape index (κ1) is 29.4. The Hall–Kier alpha value is -2.12. The van der Waals surface area contributed by atoms with Crippen LogP contribution < -0.4 is 0 Å². The summed E-state index contributed by atoms with van der Waals surface area (Å²) in [5, 5.41) is 0. The highest BCUT2D eigenvalue weighted by atomic mass is 16.5. The van der Waals surface area contributed by atoms with Gasteiger partial charge in [-0.05, 0) is 72.6 Å². The van der Waals surface area contributed by atoms with Gasteiger partial charge in [0.2, 0.25) is 0 Å². The third kappa shape index (κ3) is 12.3. The number of hydrogen-bond acceptors (Lipinski definition) is 1. The summed E-state index contributed by atoms with van der Waals surface area (Å²) in [4.78, 5) is 0. The van der Waals surface area contributed by atoms with E-state index in [9.17, 15) is 0 Å². The average Bonchev–Trinajstić information content (AvgIpc) is 2.94. The van der Waals surface area contributed by atoms with Gasteiger partial charge in [-0.25, -0.2) is 0 Å². The molecule has 3 rings (SSSR count). The third-order valence-corrected chi connectivity index (χ3v) is 8.13. The largest absolute Gasteiger partial charge is 0.376 e. The monoisotopic (exact) mass is 500 g/mol. The summed E-state index contributed by atoms with van der Waals surface area (Å²) in [7, 11) is 0. The van der Waals surface area contributed by atoms with E-state index in [0.29, 0.717) is 6.61 Å². The molecule has 0 unspecified atom stereocenters. The summed E-state index contributed by atoms with van der Waals surface area (Å²) in [5.74, 6) is 1.97. The van der Waals surface area contributed by atoms with Crippen molar-refractivity contribution in [3.8, 4) is 0 Å². The molecule has 1 aliphatic rings. The molecule has 1 saturated carbocycles. The number of ether oxygens (including phenoxy) is 1. The van der Waals surface area contributed by atoms with E-state index >= 15 is 0 Å². The Morgan fingerprint density at radius 1 is 0.730 bits per heavy atom. The normalized spacial score (nSPS) is 17.9. The molecular weight excluding hydrogens is 448 g/mol. The lowest BCUT2D eigenvalue weighted by Crippen LogP contribution is -2.14. The highest BCUT2D eigenvalue weighted by Gasteiger charge is 2.20. The molecule has 2 aromatic rings. The predicted octanol–water partition coefficient (Wildman–Crippen LogP) is 10.5. The van der Waals surface area contributed by atoms with Crippen molar-refractivity contribution >= 4 is 6.08 Å². The Bertz CT molecular complexity index is 868. The molecule has 202 valence electrons. The summed E-state index contributed by atoms with van der Waals surface area (Å²) in [6, 6.07) is 18.3. The number of allylic oxidation sites excluding steroid dienone is 1. The minimum atomic E-state index is 0.710. The van der Waals surface area contributed by atoms with Gasteiger partial charge >= 0.3 is 0 Å².